The van der Waals surface area contributed by atoms with E-state index in [0.29, 0.717) is 0 Å². The van der Waals surface area contributed by atoms with Crippen molar-refractivity contribution in [2.24, 2.45) is 0 Å². The van der Waals surface area contributed by atoms with Crippen molar-refractivity contribution >= 4 is 10.0 Å². The van der Waals surface area contributed by atoms with E-state index in [4.69, 9.17) is 9.52 Å². The summed E-state index contributed by atoms with van der Waals surface area (Å²) in [5.74, 6) is 0.0608. The summed E-state index contributed by atoms with van der Waals surface area (Å²) < 4.78 is 65.3. The Morgan fingerprint density at radius 3 is 2.50 bits per heavy atom. The van der Waals surface area contributed by atoms with Crippen LogP contribution in [0.3, 0.4) is 0 Å². The van der Waals surface area contributed by atoms with Gasteiger partial charge in [0, 0.05) is 13.0 Å². The van der Waals surface area contributed by atoms with Gasteiger partial charge < -0.3 is 9.52 Å². The van der Waals surface area contributed by atoms with Crippen molar-refractivity contribution in [1.82, 2.24) is 4.72 Å². The Balaban J connectivity index is 2.50. The van der Waals surface area contributed by atoms with Gasteiger partial charge >= 0.3 is 6.18 Å². The number of alkyl halides is 3. The summed E-state index contributed by atoms with van der Waals surface area (Å²) in [6, 6.07) is 2.39. The van der Waals surface area contributed by atoms with Crippen LogP contribution in [-0.4, -0.2) is 26.2 Å². The van der Waals surface area contributed by atoms with E-state index < -0.39 is 34.3 Å². The fraction of sp³-hybridized carbons (Fsp3) is 0.556. The van der Waals surface area contributed by atoms with Gasteiger partial charge in [-0.15, -0.1) is 0 Å². The third kappa shape index (κ3) is 4.67. The number of hydrogen-bond donors (Lipinski definition) is 2. The smallest absolute Gasteiger partial charge is 0.389 e. The molecule has 9 heteroatoms. The zero-order chi connectivity index (χ0) is 13.8. The molecule has 0 saturated heterocycles. The Kier molecular flexibility index (Phi) is 4.77. The maximum absolute atomic E-state index is 11.8. The average Bonchev–Trinajstić information content (AvgIpc) is 2.72. The van der Waals surface area contributed by atoms with E-state index in [2.05, 4.69) is 0 Å². The second-order valence-corrected chi connectivity index (χ2v) is 5.19. The van der Waals surface area contributed by atoms with Gasteiger partial charge in [-0.25, -0.2) is 13.1 Å². The summed E-state index contributed by atoms with van der Waals surface area (Å²) in [6.07, 6.45) is -5.72. The predicted octanol–water partition coefficient (Wildman–Crippen LogP) is 1.39. The molecule has 5 nitrogen and oxygen atoms in total. The molecular weight excluding hydrogens is 275 g/mol. The van der Waals surface area contributed by atoms with Crippen molar-refractivity contribution in [3.63, 3.8) is 0 Å². The van der Waals surface area contributed by atoms with E-state index in [1.807, 2.05) is 4.72 Å². The van der Waals surface area contributed by atoms with Gasteiger partial charge in [-0.2, -0.15) is 13.2 Å². The van der Waals surface area contributed by atoms with Crippen LogP contribution in [0.25, 0.3) is 0 Å². The topological polar surface area (TPSA) is 79.5 Å². The fourth-order valence-electron chi connectivity index (χ4n) is 1.15. The summed E-state index contributed by atoms with van der Waals surface area (Å²) in [6.45, 7) is -0.791. The molecule has 2 N–H and O–H groups in total. The number of aliphatic hydroxyl groups excluding tert-OH is 1. The van der Waals surface area contributed by atoms with Gasteiger partial charge in [0.25, 0.3) is 10.0 Å². The lowest BCUT2D eigenvalue weighted by Gasteiger charge is -2.06. The normalized spacial score (nSPS) is 12.9. The van der Waals surface area contributed by atoms with E-state index in [0.717, 1.165) is 6.07 Å². The quantitative estimate of drug-likeness (QED) is 0.775. The standard InChI is InChI=1S/C9H12F3NO4S/c10-9(11,12)4-1-5-13-18(15,16)8-3-2-7(6-14)17-8/h2-3,13-14H,1,4-6H2. The van der Waals surface area contributed by atoms with Gasteiger partial charge in [0.1, 0.15) is 12.4 Å². The highest BCUT2D eigenvalue weighted by Crippen LogP contribution is 2.21. The second-order valence-electron chi connectivity index (χ2n) is 3.50. The molecule has 0 aliphatic rings. The molecule has 104 valence electrons. The molecule has 0 saturated carbocycles. The molecule has 0 aliphatic carbocycles. The molecule has 1 aromatic rings. The van der Waals surface area contributed by atoms with Crippen molar-refractivity contribution in [2.75, 3.05) is 6.54 Å². The first-order valence-corrected chi connectivity index (χ1v) is 6.49. The second kappa shape index (κ2) is 5.72. The molecule has 0 bridgehead atoms. The Morgan fingerprint density at radius 1 is 1.33 bits per heavy atom. The van der Waals surface area contributed by atoms with Crippen LogP contribution in [-0.2, 0) is 16.6 Å². The number of aliphatic hydroxyl groups is 1. The molecule has 0 unspecified atom stereocenters. The molecule has 1 aromatic heterocycles. The first-order chi connectivity index (χ1) is 8.24. The molecule has 1 rings (SSSR count). The molecular formula is C9H12F3NO4S. The Hall–Kier alpha value is -1.06. The molecule has 0 fully saturated rings. The first kappa shape index (κ1) is 15.0. The van der Waals surface area contributed by atoms with E-state index in [-0.39, 0.29) is 18.7 Å². The lowest BCUT2D eigenvalue weighted by Crippen LogP contribution is -2.25. The monoisotopic (exact) mass is 287 g/mol. The van der Waals surface area contributed by atoms with Gasteiger partial charge in [-0.05, 0) is 18.6 Å². The van der Waals surface area contributed by atoms with Crippen LogP contribution in [0.5, 0.6) is 0 Å². The Bertz CT molecular complexity index is 480. The van der Waals surface area contributed by atoms with Crippen molar-refractivity contribution in [2.45, 2.75) is 30.7 Å². The van der Waals surface area contributed by atoms with Crippen molar-refractivity contribution in [1.29, 1.82) is 0 Å². The summed E-state index contributed by atoms with van der Waals surface area (Å²) >= 11 is 0. The minimum Gasteiger partial charge on any atom is -0.446 e. The molecule has 0 amide bonds. The third-order valence-corrected chi connectivity index (χ3v) is 3.32. The number of halogens is 3. The first-order valence-electron chi connectivity index (χ1n) is 5.00. The summed E-state index contributed by atoms with van der Waals surface area (Å²) in [5.41, 5.74) is 0. The average molecular weight is 287 g/mol. The molecule has 1 heterocycles. The maximum Gasteiger partial charge on any atom is 0.389 e. The van der Waals surface area contributed by atoms with Crippen LogP contribution in [0.1, 0.15) is 18.6 Å². The van der Waals surface area contributed by atoms with E-state index in [9.17, 15) is 21.6 Å². The number of furan rings is 1. The van der Waals surface area contributed by atoms with Gasteiger partial charge in [-0.1, -0.05) is 0 Å². The predicted molar refractivity (Wildman–Crippen MR) is 55.1 cm³/mol. The lowest BCUT2D eigenvalue weighted by atomic mass is 10.3. The summed E-state index contributed by atoms with van der Waals surface area (Å²) in [7, 11) is -3.96. The van der Waals surface area contributed by atoms with Crippen LogP contribution in [0.2, 0.25) is 0 Å². The maximum atomic E-state index is 11.8. The highest BCUT2D eigenvalue weighted by molar-refractivity contribution is 7.89. The Labute approximate surface area is 102 Å². The largest absolute Gasteiger partial charge is 0.446 e. The van der Waals surface area contributed by atoms with Crippen LogP contribution in [0.4, 0.5) is 13.2 Å². The number of sulfonamides is 1. The van der Waals surface area contributed by atoms with E-state index in [1.54, 1.807) is 0 Å². The summed E-state index contributed by atoms with van der Waals surface area (Å²) in [5, 5.41) is 8.25. The van der Waals surface area contributed by atoms with Crippen molar-refractivity contribution in [3.8, 4) is 0 Å². The number of hydrogen-bond acceptors (Lipinski definition) is 4. The molecule has 18 heavy (non-hydrogen) atoms. The third-order valence-electron chi connectivity index (χ3n) is 1.99. The van der Waals surface area contributed by atoms with E-state index >= 15 is 0 Å². The Morgan fingerprint density at radius 2 is 2.00 bits per heavy atom. The van der Waals surface area contributed by atoms with Gasteiger partial charge in [0.15, 0.2) is 0 Å². The lowest BCUT2D eigenvalue weighted by molar-refractivity contribution is -0.135. The molecule has 0 aromatic carbocycles. The minimum absolute atomic E-state index is 0.0608. The van der Waals surface area contributed by atoms with Crippen LogP contribution >= 0.6 is 0 Å². The van der Waals surface area contributed by atoms with Crippen molar-refractivity contribution in [3.05, 3.63) is 17.9 Å². The number of rotatable bonds is 6. The number of nitrogens with one attached hydrogen (secondary N) is 1. The zero-order valence-electron chi connectivity index (χ0n) is 9.20. The van der Waals surface area contributed by atoms with Crippen LogP contribution < -0.4 is 4.72 Å². The highest BCUT2D eigenvalue weighted by Gasteiger charge is 2.26. The van der Waals surface area contributed by atoms with Gasteiger partial charge in [0.2, 0.25) is 5.09 Å². The fourth-order valence-corrected chi connectivity index (χ4v) is 2.17. The van der Waals surface area contributed by atoms with E-state index in [1.165, 1.54) is 6.07 Å². The molecule has 0 spiro atoms. The zero-order valence-corrected chi connectivity index (χ0v) is 10.0. The minimum atomic E-state index is -4.31. The molecule has 0 atom stereocenters. The van der Waals surface area contributed by atoms with Gasteiger partial charge in [0.05, 0.1) is 0 Å². The SMILES string of the molecule is O=S(=O)(NCCCC(F)(F)F)c1ccc(CO)o1. The van der Waals surface area contributed by atoms with Crippen LogP contribution in [0.15, 0.2) is 21.6 Å². The van der Waals surface area contributed by atoms with Crippen molar-refractivity contribution < 1.29 is 31.1 Å². The molecule has 0 radical (unpaired) electrons. The van der Waals surface area contributed by atoms with Gasteiger partial charge in [-0.3, -0.25) is 0 Å². The molecule has 0 aliphatic heterocycles. The highest BCUT2D eigenvalue weighted by atomic mass is 32.2. The summed E-state index contributed by atoms with van der Waals surface area (Å²) in [4.78, 5) is 0. The van der Waals surface area contributed by atoms with Crippen LogP contribution in [0, 0.1) is 0 Å².